The molecule has 1 heterocycles. The summed E-state index contributed by atoms with van der Waals surface area (Å²) in [5, 5.41) is 3.05. The van der Waals surface area contributed by atoms with Crippen LogP contribution in [-0.2, 0) is 28.9 Å². The second kappa shape index (κ2) is 8.02. The van der Waals surface area contributed by atoms with Crippen LogP contribution in [0.2, 0.25) is 0 Å². The zero-order valence-corrected chi connectivity index (χ0v) is 16.9. The van der Waals surface area contributed by atoms with Crippen molar-refractivity contribution >= 4 is 25.9 Å². The predicted molar refractivity (Wildman–Crippen MR) is 104 cm³/mol. The highest BCUT2D eigenvalue weighted by Gasteiger charge is 2.28. The Morgan fingerprint density at radius 3 is 1.93 bits per heavy atom. The van der Waals surface area contributed by atoms with E-state index in [-0.39, 0.29) is 9.79 Å². The van der Waals surface area contributed by atoms with Crippen LogP contribution >= 0.6 is 0 Å². The molecule has 0 spiro atoms. The van der Waals surface area contributed by atoms with Gasteiger partial charge < -0.3 is 9.50 Å². The van der Waals surface area contributed by atoms with Crippen LogP contribution in [0.5, 0.6) is 0 Å². The van der Waals surface area contributed by atoms with Crippen molar-refractivity contribution in [3.63, 3.8) is 0 Å². The molecule has 150 valence electrons. The van der Waals surface area contributed by atoms with Gasteiger partial charge in [-0.2, -0.15) is 8.42 Å². The van der Waals surface area contributed by atoms with Crippen LogP contribution in [0.4, 0.5) is 0 Å². The molecule has 2 aromatic carbocycles. The number of nitrogens with one attached hydrogen (secondary N) is 1. The van der Waals surface area contributed by atoms with Crippen molar-refractivity contribution in [1.29, 1.82) is 0 Å². The summed E-state index contributed by atoms with van der Waals surface area (Å²) >= 11 is 0. The van der Waals surface area contributed by atoms with Crippen LogP contribution in [-0.4, -0.2) is 42.2 Å². The van der Waals surface area contributed by atoms with Crippen molar-refractivity contribution in [2.75, 3.05) is 19.3 Å². The number of benzene rings is 2. The van der Waals surface area contributed by atoms with Gasteiger partial charge in [-0.05, 0) is 54.8 Å². The van der Waals surface area contributed by atoms with Gasteiger partial charge in [0.15, 0.2) is 9.84 Å². The first-order valence-electron chi connectivity index (χ1n) is 8.76. The molecule has 0 aliphatic carbocycles. The highest BCUT2D eigenvalue weighted by molar-refractivity contribution is 7.90. The number of sulfone groups is 1. The summed E-state index contributed by atoms with van der Waals surface area (Å²) in [6.45, 7) is 1.22. The number of piperidine rings is 1. The van der Waals surface area contributed by atoms with Gasteiger partial charge in [-0.15, -0.1) is 0 Å². The molecule has 1 N–H and O–H groups in total. The van der Waals surface area contributed by atoms with Crippen LogP contribution in [0.15, 0.2) is 58.3 Å². The Kier molecular flexibility index (Phi) is 5.87. The summed E-state index contributed by atoms with van der Waals surface area (Å²) in [7, 11) is -7.47. The van der Waals surface area contributed by atoms with Gasteiger partial charge in [0.2, 0.25) is 0 Å². The van der Waals surface area contributed by atoms with Gasteiger partial charge in [-0.1, -0.05) is 24.3 Å². The van der Waals surface area contributed by atoms with Crippen molar-refractivity contribution in [3.8, 4) is 11.1 Å². The number of rotatable bonds is 5. The van der Waals surface area contributed by atoms with E-state index in [4.69, 9.17) is 4.18 Å². The molecule has 28 heavy (non-hydrogen) atoms. The molecule has 1 fully saturated rings. The lowest BCUT2D eigenvalue weighted by atomic mass is 10.0. The van der Waals surface area contributed by atoms with Gasteiger partial charge in [0, 0.05) is 12.8 Å². The monoisotopic (exact) mass is 423 g/mol. The maximum atomic E-state index is 12.4. The molecule has 0 amide bonds. The Bertz CT molecular complexity index is 1050. The number of hydrogen-bond donors (Lipinski definition) is 1. The Hall–Kier alpha value is -2.23. The Balaban J connectivity index is 1.75. The van der Waals surface area contributed by atoms with Gasteiger partial charge in [0.05, 0.1) is 10.8 Å². The largest absolute Gasteiger partial charge is 0.342 e. The normalized spacial score (nSPS) is 17.8. The smallest absolute Gasteiger partial charge is 0.341 e. The molecule has 7 nitrogen and oxygen atoms in total. The van der Waals surface area contributed by atoms with Crippen LogP contribution in [0.3, 0.4) is 0 Å². The minimum atomic E-state index is -4.19. The molecule has 0 aromatic heterocycles. The van der Waals surface area contributed by atoms with Crippen LogP contribution < -0.4 is 5.32 Å². The second-order valence-electron chi connectivity index (χ2n) is 6.72. The molecule has 1 unspecified atom stereocenters. The molecule has 0 bridgehead atoms. The maximum Gasteiger partial charge on any atom is 0.341 e. The first-order valence-corrected chi connectivity index (χ1v) is 12.1. The number of carbonyl (C=O) groups is 1. The van der Waals surface area contributed by atoms with Crippen LogP contribution in [0.1, 0.15) is 12.8 Å². The Morgan fingerprint density at radius 2 is 1.46 bits per heavy atom. The first kappa shape index (κ1) is 20.5. The summed E-state index contributed by atoms with van der Waals surface area (Å²) in [6, 6.07) is 12.2. The standard InChI is InChI=1S/C19H21NO6S2/c1-27(22,23)17-8-4-14(5-9-17)15-6-10-18(11-7-15)28(24,25)26-19(21)16-3-2-12-20-13-16/h4-11,16,20H,2-3,12-13H2,1H3. The van der Waals surface area contributed by atoms with Crippen molar-refractivity contribution in [2.24, 2.45) is 5.92 Å². The zero-order valence-electron chi connectivity index (χ0n) is 15.3. The SMILES string of the molecule is CS(=O)(=O)c1ccc(-c2ccc(S(=O)(=O)OC(=O)C3CCCNC3)cc2)cc1. The van der Waals surface area contributed by atoms with E-state index in [1.165, 1.54) is 24.3 Å². The molecule has 1 aliphatic heterocycles. The van der Waals surface area contributed by atoms with E-state index >= 15 is 0 Å². The quantitative estimate of drug-likeness (QED) is 0.733. The Morgan fingerprint density at radius 1 is 0.929 bits per heavy atom. The third-order valence-corrected chi connectivity index (χ3v) is 6.94. The van der Waals surface area contributed by atoms with Crippen molar-refractivity contribution in [1.82, 2.24) is 5.32 Å². The fourth-order valence-corrected chi connectivity index (χ4v) is 4.53. The van der Waals surface area contributed by atoms with E-state index in [1.54, 1.807) is 24.3 Å². The lowest BCUT2D eigenvalue weighted by molar-refractivity contribution is -0.138. The lowest BCUT2D eigenvalue weighted by Gasteiger charge is -2.20. The fourth-order valence-electron chi connectivity index (χ4n) is 2.99. The van der Waals surface area contributed by atoms with Crippen molar-refractivity contribution in [3.05, 3.63) is 48.5 Å². The van der Waals surface area contributed by atoms with Gasteiger partial charge in [-0.3, -0.25) is 4.79 Å². The highest BCUT2D eigenvalue weighted by Crippen LogP contribution is 2.24. The Labute approximate surface area is 164 Å². The van der Waals surface area contributed by atoms with Gasteiger partial charge in [0.25, 0.3) is 0 Å². The molecule has 2 aromatic rings. The molecule has 3 rings (SSSR count). The van der Waals surface area contributed by atoms with E-state index < -0.39 is 31.8 Å². The fraction of sp³-hybridized carbons (Fsp3) is 0.316. The van der Waals surface area contributed by atoms with Crippen molar-refractivity contribution < 1.29 is 25.8 Å². The molecular formula is C19H21NO6S2. The average molecular weight is 424 g/mol. The first-order chi connectivity index (χ1) is 13.2. The molecule has 1 atom stereocenters. The number of carbonyl (C=O) groups excluding carboxylic acids is 1. The van der Waals surface area contributed by atoms with Crippen LogP contribution in [0.25, 0.3) is 11.1 Å². The number of hydrogen-bond acceptors (Lipinski definition) is 7. The summed E-state index contributed by atoms with van der Waals surface area (Å²) in [5.74, 6) is -1.20. The molecular weight excluding hydrogens is 402 g/mol. The van der Waals surface area contributed by atoms with Gasteiger partial charge in [-0.25, -0.2) is 8.42 Å². The van der Waals surface area contributed by atoms with E-state index in [1.807, 2.05) is 0 Å². The topological polar surface area (TPSA) is 107 Å². The summed E-state index contributed by atoms with van der Waals surface area (Å²) in [5.41, 5.74) is 1.45. The molecule has 1 aliphatic rings. The van der Waals surface area contributed by atoms with Crippen molar-refractivity contribution in [2.45, 2.75) is 22.6 Å². The third-order valence-electron chi connectivity index (χ3n) is 4.58. The van der Waals surface area contributed by atoms with Gasteiger partial charge >= 0.3 is 16.1 Å². The van der Waals surface area contributed by atoms with E-state index in [0.717, 1.165) is 24.8 Å². The molecule has 0 radical (unpaired) electrons. The van der Waals surface area contributed by atoms with Crippen LogP contribution in [0, 0.1) is 5.92 Å². The average Bonchev–Trinajstić information content (AvgIpc) is 2.68. The maximum absolute atomic E-state index is 12.4. The zero-order chi connectivity index (χ0) is 20.4. The molecule has 1 saturated heterocycles. The third kappa shape index (κ3) is 4.78. The van der Waals surface area contributed by atoms with E-state index in [0.29, 0.717) is 18.5 Å². The predicted octanol–water partition coefficient (Wildman–Crippen LogP) is 1.99. The second-order valence-corrected chi connectivity index (χ2v) is 10.3. The molecule has 0 saturated carbocycles. The highest BCUT2D eigenvalue weighted by atomic mass is 32.2. The van der Waals surface area contributed by atoms with E-state index in [9.17, 15) is 21.6 Å². The lowest BCUT2D eigenvalue weighted by Crippen LogP contribution is -2.36. The summed E-state index contributed by atoms with van der Waals surface area (Å²) < 4.78 is 52.6. The summed E-state index contributed by atoms with van der Waals surface area (Å²) in [6.07, 6.45) is 2.53. The van der Waals surface area contributed by atoms with E-state index in [2.05, 4.69) is 5.32 Å². The summed E-state index contributed by atoms with van der Waals surface area (Å²) in [4.78, 5) is 12.2. The minimum Gasteiger partial charge on any atom is -0.342 e. The molecule has 9 heteroatoms. The van der Waals surface area contributed by atoms with Gasteiger partial charge in [0.1, 0.15) is 4.90 Å². The minimum absolute atomic E-state index is 0.110.